The Labute approximate surface area is 158 Å². The molecule has 6 nitrogen and oxygen atoms in total. The molecule has 2 unspecified atom stereocenters. The highest BCUT2D eigenvalue weighted by molar-refractivity contribution is 5.79. The summed E-state index contributed by atoms with van der Waals surface area (Å²) in [5.74, 6) is 2.12. The van der Waals surface area contributed by atoms with Gasteiger partial charge in [0.1, 0.15) is 11.4 Å². The lowest BCUT2D eigenvalue weighted by molar-refractivity contribution is 0.0437. The highest BCUT2D eigenvalue weighted by Gasteiger charge is 2.26. The monoisotopic (exact) mass is 364 g/mol. The molecule has 6 heteroatoms. The van der Waals surface area contributed by atoms with Crippen LogP contribution in [0.1, 0.15) is 52.2 Å². The van der Waals surface area contributed by atoms with Crippen LogP contribution in [0.5, 0.6) is 0 Å². The minimum absolute atomic E-state index is 0.252. The van der Waals surface area contributed by atoms with Crippen molar-refractivity contribution in [1.82, 2.24) is 15.5 Å². The Morgan fingerprint density at radius 2 is 2.27 bits per heavy atom. The first kappa shape index (κ1) is 20.8. The van der Waals surface area contributed by atoms with E-state index in [1.165, 1.54) is 38.9 Å². The van der Waals surface area contributed by atoms with Crippen molar-refractivity contribution in [2.75, 3.05) is 39.3 Å². The second-order valence-corrected chi connectivity index (χ2v) is 7.63. The summed E-state index contributed by atoms with van der Waals surface area (Å²) in [4.78, 5) is 7.10. The summed E-state index contributed by atoms with van der Waals surface area (Å²) < 4.78 is 5.30. The molecule has 1 aromatic heterocycles. The third-order valence-electron chi connectivity index (χ3n) is 4.88. The van der Waals surface area contributed by atoms with Crippen LogP contribution >= 0.6 is 0 Å². The lowest BCUT2D eigenvalue weighted by Gasteiger charge is -2.30. The Morgan fingerprint density at radius 1 is 1.42 bits per heavy atom. The van der Waals surface area contributed by atoms with Crippen molar-refractivity contribution < 1.29 is 9.52 Å². The molecular formula is C20H36N4O2. The summed E-state index contributed by atoms with van der Waals surface area (Å²) in [5.41, 5.74) is -1.10. The van der Waals surface area contributed by atoms with Crippen LogP contribution in [0.3, 0.4) is 0 Å². The Morgan fingerprint density at radius 3 is 2.96 bits per heavy atom. The molecule has 1 saturated heterocycles. The Hall–Kier alpha value is -1.53. The van der Waals surface area contributed by atoms with E-state index in [0.29, 0.717) is 5.76 Å². The molecule has 0 amide bonds. The van der Waals surface area contributed by atoms with Crippen LogP contribution in [-0.4, -0.2) is 55.2 Å². The third kappa shape index (κ3) is 7.00. The zero-order valence-electron chi connectivity index (χ0n) is 16.6. The smallest absolute Gasteiger partial charge is 0.191 e. The van der Waals surface area contributed by atoms with E-state index in [9.17, 15) is 5.11 Å². The van der Waals surface area contributed by atoms with Gasteiger partial charge in [-0.15, -0.1) is 0 Å². The molecule has 0 aromatic carbocycles. The molecule has 0 spiro atoms. The van der Waals surface area contributed by atoms with Crippen molar-refractivity contribution in [3.63, 3.8) is 0 Å². The fourth-order valence-electron chi connectivity index (χ4n) is 3.39. The molecular weight excluding hydrogens is 328 g/mol. The van der Waals surface area contributed by atoms with Gasteiger partial charge in [0, 0.05) is 19.6 Å². The normalized spacial score (nSPS) is 21.4. The Kier molecular flexibility index (Phi) is 8.45. The van der Waals surface area contributed by atoms with Crippen molar-refractivity contribution in [3.05, 3.63) is 24.2 Å². The van der Waals surface area contributed by atoms with Crippen molar-refractivity contribution >= 4 is 5.96 Å². The molecule has 2 atom stereocenters. The van der Waals surface area contributed by atoms with Crippen molar-refractivity contribution in [2.24, 2.45) is 10.9 Å². The number of piperidine rings is 1. The van der Waals surface area contributed by atoms with Crippen molar-refractivity contribution in [1.29, 1.82) is 0 Å². The zero-order valence-corrected chi connectivity index (χ0v) is 16.6. The van der Waals surface area contributed by atoms with Crippen LogP contribution in [0.2, 0.25) is 0 Å². The van der Waals surface area contributed by atoms with Crippen molar-refractivity contribution in [3.8, 4) is 0 Å². The molecule has 26 heavy (non-hydrogen) atoms. The van der Waals surface area contributed by atoms with E-state index < -0.39 is 5.60 Å². The number of aliphatic imine (C=N–C) groups is 1. The van der Waals surface area contributed by atoms with Crippen LogP contribution in [0.15, 0.2) is 27.8 Å². The lowest BCUT2D eigenvalue weighted by atomic mass is 10.0. The summed E-state index contributed by atoms with van der Waals surface area (Å²) in [5, 5.41) is 17.1. The molecule has 1 fully saturated rings. The van der Waals surface area contributed by atoms with Gasteiger partial charge in [-0.1, -0.05) is 6.92 Å². The van der Waals surface area contributed by atoms with Crippen LogP contribution in [0.4, 0.5) is 0 Å². The number of rotatable bonds is 9. The number of hydrogen-bond acceptors (Lipinski definition) is 4. The molecule has 148 valence electrons. The van der Waals surface area contributed by atoms with E-state index in [-0.39, 0.29) is 6.54 Å². The predicted octanol–water partition coefficient (Wildman–Crippen LogP) is 2.55. The molecule has 0 radical (unpaired) electrons. The fourth-order valence-corrected chi connectivity index (χ4v) is 3.39. The summed E-state index contributed by atoms with van der Waals surface area (Å²) in [6.07, 6.45) is 6.60. The number of likely N-dealkylation sites (tertiary alicyclic amines) is 1. The first-order chi connectivity index (χ1) is 12.5. The summed E-state index contributed by atoms with van der Waals surface area (Å²) in [7, 11) is 0. The van der Waals surface area contributed by atoms with Gasteiger partial charge < -0.3 is 25.1 Å². The number of nitrogens with one attached hydrogen (secondary N) is 2. The molecule has 1 aliphatic heterocycles. The minimum atomic E-state index is -1.10. The predicted molar refractivity (Wildman–Crippen MR) is 106 cm³/mol. The first-order valence-corrected chi connectivity index (χ1v) is 10.0. The maximum atomic E-state index is 10.5. The summed E-state index contributed by atoms with van der Waals surface area (Å²) in [6, 6.07) is 3.55. The molecule has 3 N–H and O–H groups in total. The molecule has 0 aliphatic carbocycles. The second-order valence-electron chi connectivity index (χ2n) is 7.63. The average Bonchev–Trinajstić information content (AvgIpc) is 3.15. The quantitative estimate of drug-likeness (QED) is 0.357. The molecule has 0 saturated carbocycles. The third-order valence-corrected chi connectivity index (χ3v) is 4.88. The van der Waals surface area contributed by atoms with Gasteiger partial charge in [0.2, 0.25) is 0 Å². The highest BCUT2D eigenvalue weighted by Crippen LogP contribution is 2.21. The number of hydrogen-bond donors (Lipinski definition) is 3. The number of nitrogens with zero attached hydrogens (tertiary/aromatic N) is 2. The Balaban J connectivity index is 1.70. The van der Waals surface area contributed by atoms with Gasteiger partial charge in [0.15, 0.2) is 5.96 Å². The topological polar surface area (TPSA) is 73.0 Å². The van der Waals surface area contributed by atoms with E-state index in [2.05, 4.69) is 27.4 Å². The maximum absolute atomic E-state index is 10.5. The highest BCUT2D eigenvalue weighted by atomic mass is 16.4. The van der Waals surface area contributed by atoms with Crippen molar-refractivity contribution in [2.45, 2.75) is 52.1 Å². The average molecular weight is 365 g/mol. The van der Waals surface area contributed by atoms with Crippen LogP contribution in [0.25, 0.3) is 0 Å². The SMILES string of the molecule is CCNC(=NCC(C)(O)c1ccco1)NCCCCN1CCCC(C)C1. The number of furan rings is 1. The summed E-state index contributed by atoms with van der Waals surface area (Å²) >= 11 is 0. The first-order valence-electron chi connectivity index (χ1n) is 10.0. The molecule has 2 rings (SSSR count). The maximum Gasteiger partial charge on any atom is 0.191 e. The number of unbranched alkanes of at least 4 members (excludes halogenated alkanes) is 1. The largest absolute Gasteiger partial charge is 0.466 e. The van der Waals surface area contributed by atoms with E-state index in [0.717, 1.165) is 31.4 Å². The van der Waals surface area contributed by atoms with Gasteiger partial charge in [0.05, 0.1) is 12.8 Å². The van der Waals surface area contributed by atoms with E-state index in [1.807, 2.05) is 6.92 Å². The zero-order chi connectivity index (χ0) is 18.8. The number of aliphatic hydroxyl groups is 1. The van der Waals surface area contributed by atoms with E-state index >= 15 is 0 Å². The standard InChI is InChI=1S/C20H36N4O2/c1-4-21-19(23-16-20(3,25)18-10-8-14-26-18)22-11-5-6-12-24-13-7-9-17(2)15-24/h8,10,14,17,25H,4-7,9,11-13,15-16H2,1-3H3,(H2,21,22,23). The van der Waals surface area contributed by atoms with Gasteiger partial charge in [-0.25, -0.2) is 4.99 Å². The van der Waals surface area contributed by atoms with E-state index in [4.69, 9.17) is 4.42 Å². The lowest BCUT2D eigenvalue weighted by Crippen LogP contribution is -2.39. The second kappa shape index (κ2) is 10.6. The number of guanidine groups is 1. The van der Waals surface area contributed by atoms with Gasteiger partial charge in [0.25, 0.3) is 0 Å². The molecule has 1 aromatic rings. The van der Waals surface area contributed by atoms with Gasteiger partial charge in [-0.3, -0.25) is 0 Å². The summed E-state index contributed by atoms with van der Waals surface area (Å²) in [6.45, 7) is 11.7. The van der Waals surface area contributed by atoms with E-state index in [1.54, 1.807) is 25.3 Å². The van der Waals surface area contributed by atoms with Crippen LogP contribution in [0, 0.1) is 5.92 Å². The van der Waals surface area contributed by atoms with Gasteiger partial charge in [-0.05, 0) is 70.7 Å². The molecule has 0 bridgehead atoms. The Bertz CT molecular complexity index is 528. The van der Waals surface area contributed by atoms with Crippen LogP contribution < -0.4 is 10.6 Å². The minimum Gasteiger partial charge on any atom is -0.466 e. The van der Waals surface area contributed by atoms with Gasteiger partial charge >= 0.3 is 0 Å². The van der Waals surface area contributed by atoms with Crippen LogP contribution in [-0.2, 0) is 5.60 Å². The molecule has 2 heterocycles. The van der Waals surface area contributed by atoms with Gasteiger partial charge in [-0.2, -0.15) is 0 Å². The fraction of sp³-hybridized carbons (Fsp3) is 0.750. The molecule has 1 aliphatic rings.